The van der Waals surface area contributed by atoms with E-state index in [9.17, 15) is 18.8 Å². The van der Waals surface area contributed by atoms with Gasteiger partial charge in [0.25, 0.3) is 11.8 Å². The monoisotopic (exact) mass is 416 g/mol. The molecule has 2 amide bonds. The molecule has 0 radical (unpaired) electrons. The van der Waals surface area contributed by atoms with Crippen LogP contribution < -0.4 is 10.1 Å². The number of nitrogens with one attached hydrogen (secondary N) is 1. The van der Waals surface area contributed by atoms with Crippen molar-refractivity contribution in [2.24, 2.45) is 0 Å². The summed E-state index contributed by atoms with van der Waals surface area (Å²) in [6.07, 6.45) is -0.179. The highest BCUT2D eigenvalue weighted by atomic mass is 19.1. The lowest BCUT2D eigenvalue weighted by atomic mass is 10.1. The van der Waals surface area contributed by atoms with E-state index in [1.54, 1.807) is 35.2 Å². The molecule has 30 heavy (non-hydrogen) atoms. The number of amides is 2. The van der Waals surface area contributed by atoms with Gasteiger partial charge in [0.05, 0.1) is 13.5 Å². The van der Waals surface area contributed by atoms with E-state index in [0.29, 0.717) is 29.9 Å². The van der Waals surface area contributed by atoms with Crippen LogP contribution in [-0.4, -0.2) is 49.5 Å². The second kappa shape index (κ2) is 10.9. The largest absolute Gasteiger partial charge is 0.494 e. The summed E-state index contributed by atoms with van der Waals surface area (Å²) in [7, 11) is 1.35. The number of ether oxygens (including phenoxy) is 2. The van der Waals surface area contributed by atoms with Gasteiger partial charge < -0.3 is 19.7 Å². The van der Waals surface area contributed by atoms with Crippen molar-refractivity contribution < 1.29 is 28.2 Å². The minimum atomic E-state index is -0.667. The molecule has 0 heterocycles. The highest BCUT2D eigenvalue weighted by molar-refractivity contribution is 5.97. The Morgan fingerprint density at radius 2 is 1.80 bits per heavy atom. The lowest BCUT2D eigenvalue weighted by Crippen LogP contribution is -2.30. The Labute approximate surface area is 174 Å². The fraction of sp³-hybridized carbons (Fsp3) is 0.318. The molecule has 0 unspecified atom stereocenters. The second-order valence-corrected chi connectivity index (χ2v) is 6.41. The van der Waals surface area contributed by atoms with Crippen LogP contribution in [0.4, 0.5) is 10.1 Å². The molecule has 0 aliphatic heterocycles. The van der Waals surface area contributed by atoms with Crippen LogP contribution in [0.15, 0.2) is 42.5 Å². The summed E-state index contributed by atoms with van der Waals surface area (Å²) in [5.41, 5.74) is 1.28. The lowest BCUT2D eigenvalue weighted by Gasteiger charge is -2.19. The lowest BCUT2D eigenvalue weighted by molar-refractivity contribution is -0.146. The van der Waals surface area contributed by atoms with Gasteiger partial charge in [-0.15, -0.1) is 0 Å². The van der Waals surface area contributed by atoms with Gasteiger partial charge in [-0.25, -0.2) is 4.39 Å². The van der Waals surface area contributed by atoms with Crippen LogP contribution in [0.5, 0.6) is 5.75 Å². The van der Waals surface area contributed by atoms with Gasteiger partial charge in [0.15, 0.2) is 18.2 Å². The van der Waals surface area contributed by atoms with E-state index in [1.807, 2.05) is 13.8 Å². The molecule has 0 saturated carbocycles. The summed E-state index contributed by atoms with van der Waals surface area (Å²) in [6.45, 7) is 4.45. The fourth-order valence-corrected chi connectivity index (χ4v) is 2.80. The maximum atomic E-state index is 13.7. The highest BCUT2D eigenvalue weighted by Gasteiger charge is 2.14. The van der Waals surface area contributed by atoms with Crippen LogP contribution in [0.1, 0.15) is 29.8 Å². The summed E-state index contributed by atoms with van der Waals surface area (Å²) < 4.78 is 23.4. The average molecular weight is 416 g/mol. The van der Waals surface area contributed by atoms with Crippen molar-refractivity contribution in [1.82, 2.24) is 4.90 Å². The Morgan fingerprint density at radius 3 is 2.43 bits per heavy atom. The van der Waals surface area contributed by atoms with E-state index in [1.165, 1.54) is 19.2 Å². The molecular weight excluding hydrogens is 391 g/mol. The molecular formula is C22H25FN2O5. The van der Waals surface area contributed by atoms with E-state index in [2.05, 4.69) is 5.32 Å². The van der Waals surface area contributed by atoms with Gasteiger partial charge in [0, 0.05) is 24.3 Å². The van der Waals surface area contributed by atoms with Crippen LogP contribution in [0.3, 0.4) is 0 Å². The number of halogens is 1. The maximum absolute atomic E-state index is 13.7. The van der Waals surface area contributed by atoms with Crippen molar-refractivity contribution in [2.45, 2.75) is 20.3 Å². The first-order valence-corrected chi connectivity index (χ1v) is 9.55. The number of hydrogen-bond donors (Lipinski definition) is 1. The number of hydrogen-bond acceptors (Lipinski definition) is 5. The van der Waals surface area contributed by atoms with E-state index >= 15 is 0 Å². The zero-order chi connectivity index (χ0) is 22.1. The molecule has 0 spiro atoms. The molecule has 2 rings (SSSR count). The maximum Gasteiger partial charge on any atom is 0.310 e. The van der Waals surface area contributed by atoms with Crippen molar-refractivity contribution in [1.29, 1.82) is 0 Å². The van der Waals surface area contributed by atoms with Crippen molar-refractivity contribution >= 4 is 23.5 Å². The predicted octanol–water partition coefficient (Wildman–Crippen LogP) is 3.04. The van der Waals surface area contributed by atoms with Gasteiger partial charge in [-0.1, -0.05) is 12.1 Å². The van der Waals surface area contributed by atoms with Crippen molar-refractivity contribution in [3.8, 4) is 5.75 Å². The smallest absolute Gasteiger partial charge is 0.310 e. The van der Waals surface area contributed by atoms with Gasteiger partial charge >= 0.3 is 5.97 Å². The molecule has 0 bridgehead atoms. The van der Waals surface area contributed by atoms with E-state index in [-0.39, 0.29) is 18.1 Å². The molecule has 8 heteroatoms. The summed E-state index contributed by atoms with van der Waals surface area (Å²) in [4.78, 5) is 38.1. The molecule has 0 saturated heterocycles. The SMILES string of the molecule is CCN(CC)C(=O)c1cccc(NC(=O)COC(=O)Cc2ccc(OC)c(F)c2)c1. The molecule has 1 N–H and O–H groups in total. The molecule has 0 atom stereocenters. The Kier molecular flexibility index (Phi) is 8.34. The molecule has 2 aromatic rings. The van der Waals surface area contributed by atoms with Crippen LogP contribution in [-0.2, 0) is 20.7 Å². The van der Waals surface area contributed by atoms with Gasteiger partial charge in [0.1, 0.15) is 0 Å². The normalized spacial score (nSPS) is 10.3. The number of nitrogens with zero attached hydrogens (tertiary/aromatic N) is 1. The minimum Gasteiger partial charge on any atom is -0.494 e. The third kappa shape index (κ3) is 6.30. The molecule has 0 aromatic heterocycles. The molecule has 2 aromatic carbocycles. The van der Waals surface area contributed by atoms with Crippen LogP contribution in [0.25, 0.3) is 0 Å². The predicted molar refractivity (Wildman–Crippen MR) is 110 cm³/mol. The van der Waals surface area contributed by atoms with Gasteiger partial charge in [0.2, 0.25) is 0 Å². The third-order valence-electron chi connectivity index (χ3n) is 4.37. The third-order valence-corrected chi connectivity index (χ3v) is 4.37. The number of anilines is 1. The molecule has 7 nitrogen and oxygen atoms in total. The second-order valence-electron chi connectivity index (χ2n) is 6.41. The first-order valence-electron chi connectivity index (χ1n) is 9.55. The van der Waals surface area contributed by atoms with Crippen molar-refractivity contribution in [3.63, 3.8) is 0 Å². The Hall–Kier alpha value is -3.42. The molecule has 0 fully saturated rings. The number of carbonyl (C=O) groups excluding carboxylic acids is 3. The Morgan fingerprint density at radius 1 is 1.07 bits per heavy atom. The minimum absolute atomic E-state index is 0.0770. The first kappa shape index (κ1) is 22.9. The summed E-state index contributed by atoms with van der Waals surface area (Å²) in [6, 6.07) is 10.7. The molecule has 0 aliphatic carbocycles. The number of esters is 1. The fourth-order valence-electron chi connectivity index (χ4n) is 2.80. The number of benzene rings is 2. The molecule has 0 aliphatic rings. The van der Waals surface area contributed by atoms with Crippen molar-refractivity contribution in [3.05, 3.63) is 59.4 Å². The van der Waals surface area contributed by atoms with E-state index in [0.717, 1.165) is 0 Å². The number of methoxy groups -OCH3 is 1. The van der Waals surface area contributed by atoms with Crippen LogP contribution in [0.2, 0.25) is 0 Å². The van der Waals surface area contributed by atoms with Gasteiger partial charge in [-0.2, -0.15) is 0 Å². The number of rotatable bonds is 9. The summed E-state index contributed by atoms with van der Waals surface area (Å²) >= 11 is 0. The van der Waals surface area contributed by atoms with Gasteiger partial charge in [-0.05, 0) is 49.7 Å². The quantitative estimate of drug-likeness (QED) is 0.635. The van der Waals surface area contributed by atoms with Crippen molar-refractivity contribution in [2.75, 3.05) is 32.1 Å². The first-order chi connectivity index (χ1) is 14.4. The zero-order valence-electron chi connectivity index (χ0n) is 17.2. The summed E-state index contributed by atoms with van der Waals surface area (Å²) in [5, 5.41) is 2.59. The number of carbonyl (C=O) groups is 3. The topological polar surface area (TPSA) is 84.9 Å². The standard InChI is InChI=1S/C22H25FN2O5/c1-4-25(5-2)22(28)16-7-6-8-17(13-16)24-20(26)14-30-21(27)12-15-9-10-19(29-3)18(23)11-15/h6-11,13H,4-5,12,14H2,1-3H3,(H,24,26). The van der Waals surface area contributed by atoms with E-state index in [4.69, 9.17) is 9.47 Å². The zero-order valence-corrected chi connectivity index (χ0v) is 17.2. The van der Waals surface area contributed by atoms with Gasteiger partial charge in [-0.3, -0.25) is 14.4 Å². The Balaban J connectivity index is 1.88. The Bertz CT molecular complexity index is 912. The average Bonchev–Trinajstić information content (AvgIpc) is 2.73. The summed E-state index contributed by atoms with van der Waals surface area (Å²) in [5.74, 6) is -1.85. The molecule has 160 valence electrons. The van der Waals surface area contributed by atoms with Crippen LogP contribution in [0, 0.1) is 5.82 Å². The highest BCUT2D eigenvalue weighted by Crippen LogP contribution is 2.18. The van der Waals surface area contributed by atoms with Crippen LogP contribution >= 0.6 is 0 Å². The van der Waals surface area contributed by atoms with E-state index < -0.39 is 24.3 Å².